The molecule has 0 bridgehead atoms. The van der Waals surface area contributed by atoms with Gasteiger partial charge >= 0.3 is 0 Å². The van der Waals surface area contributed by atoms with E-state index in [1.165, 1.54) is 0 Å². The van der Waals surface area contributed by atoms with Crippen molar-refractivity contribution in [2.24, 2.45) is 7.05 Å². The standard InChI is InChI=1S/C10H7BrCl2N2/c1-15-10(7(11)5-14-15)6-2-3-8(12)9(13)4-6/h2-5H,1H3. The second kappa shape index (κ2) is 4.16. The fourth-order valence-electron chi connectivity index (χ4n) is 1.38. The summed E-state index contributed by atoms with van der Waals surface area (Å²) in [6.45, 7) is 0. The molecular formula is C10H7BrCl2N2. The molecule has 0 aliphatic rings. The Morgan fingerprint density at radius 1 is 1.27 bits per heavy atom. The molecule has 15 heavy (non-hydrogen) atoms. The lowest BCUT2D eigenvalue weighted by Crippen LogP contribution is -1.93. The molecule has 0 unspecified atom stereocenters. The number of aryl methyl sites for hydroxylation is 1. The summed E-state index contributed by atoms with van der Waals surface area (Å²) in [6, 6.07) is 5.51. The lowest BCUT2D eigenvalue weighted by Gasteiger charge is -2.04. The second-order valence-corrected chi connectivity index (χ2v) is 4.76. The van der Waals surface area contributed by atoms with E-state index in [-0.39, 0.29) is 0 Å². The highest BCUT2D eigenvalue weighted by molar-refractivity contribution is 9.10. The van der Waals surface area contributed by atoms with Crippen LogP contribution in [-0.2, 0) is 7.05 Å². The van der Waals surface area contributed by atoms with Gasteiger partial charge < -0.3 is 0 Å². The van der Waals surface area contributed by atoms with E-state index in [2.05, 4.69) is 21.0 Å². The van der Waals surface area contributed by atoms with Gasteiger partial charge in [-0.25, -0.2) is 0 Å². The summed E-state index contributed by atoms with van der Waals surface area (Å²) in [6.07, 6.45) is 1.75. The Hall–Kier alpha value is -0.510. The van der Waals surface area contributed by atoms with E-state index in [9.17, 15) is 0 Å². The van der Waals surface area contributed by atoms with Gasteiger partial charge in [0.2, 0.25) is 0 Å². The smallest absolute Gasteiger partial charge is 0.0821 e. The van der Waals surface area contributed by atoms with Crippen LogP contribution in [0.3, 0.4) is 0 Å². The number of nitrogens with zero attached hydrogens (tertiary/aromatic N) is 2. The summed E-state index contributed by atoms with van der Waals surface area (Å²) < 4.78 is 2.72. The minimum absolute atomic E-state index is 0.544. The third-order valence-electron chi connectivity index (χ3n) is 2.09. The highest BCUT2D eigenvalue weighted by atomic mass is 79.9. The molecule has 1 aromatic heterocycles. The van der Waals surface area contributed by atoms with E-state index in [1.807, 2.05) is 19.2 Å². The van der Waals surface area contributed by atoms with Crippen molar-refractivity contribution in [2.45, 2.75) is 0 Å². The van der Waals surface area contributed by atoms with Gasteiger partial charge in [0.15, 0.2) is 0 Å². The van der Waals surface area contributed by atoms with Gasteiger partial charge in [-0.15, -0.1) is 0 Å². The van der Waals surface area contributed by atoms with E-state index < -0.39 is 0 Å². The molecule has 0 N–H and O–H groups in total. The average molecular weight is 306 g/mol. The highest BCUT2D eigenvalue weighted by Gasteiger charge is 2.09. The summed E-state index contributed by atoms with van der Waals surface area (Å²) in [5.41, 5.74) is 1.96. The van der Waals surface area contributed by atoms with Gasteiger partial charge in [0.25, 0.3) is 0 Å². The third-order valence-corrected chi connectivity index (χ3v) is 3.41. The van der Waals surface area contributed by atoms with Crippen LogP contribution in [0, 0.1) is 0 Å². The lowest BCUT2D eigenvalue weighted by atomic mass is 10.1. The predicted octanol–water partition coefficient (Wildman–Crippen LogP) is 4.16. The minimum Gasteiger partial charge on any atom is -0.267 e. The summed E-state index contributed by atoms with van der Waals surface area (Å²) in [5, 5.41) is 5.24. The molecular weight excluding hydrogens is 299 g/mol. The first-order valence-electron chi connectivity index (χ1n) is 4.22. The molecule has 0 radical (unpaired) electrons. The molecule has 5 heteroatoms. The fraction of sp³-hybridized carbons (Fsp3) is 0.100. The van der Waals surface area contributed by atoms with Gasteiger partial charge in [0.1, 0.15) is 0 Å². The molecule has 2 nitrogen and oxygen atoms in total. The minimum atomic E-state index is 0.544. The topological polar surface area (TPSA) is 17.8 Å². The van der Waals surface area contributed by atoms with Crippen LogP contribution in [0.1, 0.15) is 0 Å². The molecule has 0 aliphatic carbocycles. The predicted molar refractivity (Wildman–Crippen MR) is 66.4 cm³/mol. The second-order valence-electron chi connectivity index (χ2n) is 3.09. The summed E-state index contributed by atoms with van der Waals surface area (Å²) in [7, 11) is 1.88. The molecule has 0 saturated carbocycles. The quantitative estimate of drug-likeness (QED) is 0.773. The summed E-state index contributed by atoms with van der Waals surface area (Å²) >= 11 is 15.3. The van der Waals surface area contributed by atoms with Crippen molar-refractivity contribution in [3.8, 4) is 11.3 Å². The Morgan fingerprint density at radius 2 is 2.00 bits per heavy atom. The Kier molecular flexibility index (Phi) is 3.05. The molecule has 2 rings (SSSR count). The van der Waals surface area contributed by atoms with Gasteiger partial charge in [0, 0.05) is 12.6 Å². The number of halogens is 3. The fourth-order valence-corrected chi connectivity index (χ4v) is 2.25. The van der Waals surface area contributed by atoms with E-state index in [0.717, 1.165) is 15.7 Å². The van der Waals surface area contributed by atoms with Gasteiger partial charge in [-0.2, -0.15) is 5.10 Å². The van der Waals surface area contributed by atoms with E-state index in [0.29, 0.717) is 10.0 Å². The lowest BCUT2D eigenvalue weighted by molar-refractivity contribution is 0.776. The first-order valence-corrected chi connectivity index (χ1v) is 5.77. The molecule has 1 heterocycles. The molecule has 78 valence electrons. The maximum Gasteiger partial charge on any atom is 0.0821 e. The molecule has 0 aliphatic heterocycles. The maximum atomic E-state index is 5.96. The third kappa shape index (κ3) is 2.05. The van der Waals surface area contributed by atoms with Crippen molar-refractivity contribution >= 4 is 39.1 Å². The van der Waals surface area contributed by atoms with E-state index >= 15 is 0 Å². The van der Waals surface area contributed by atoms with Gasteiger partial charge in [-0.3, -0.25) is 4.68 Å². The number of aromatic nitrogens is 2. The van der Waals surface area contributed by atoms with Crippen LogP contribution in [0.5, 0.6) is 0 Å². The van der Waals surface area contributed by atoms with Gasteiger partial charge in [0.05, 0.1) is 26.4 Å². The van der Waals surface area contributed by atoms with Gasteiger partial charge in [-0.1, -0.05) is 29.3 Å². The van der Waals surface area contributed by atoms with Crippen molar-refractivity contribution in [1.82, 2.24) is 9.78 Å². The number of benzene rings is 1. The SMILES string of the molecule is Cn1ncc(Br)c1-c1ccc(Cl)c(Cl)c1. The van der Waals surface area contributed by atoms with Crippen molar-refractivity contribution in [1.29, 1.82) is 0 Å². The first-order chi connectivity index (χ1) is 7.09. The van der Waals surface area contributed by atoms with Crippen molar-refractivity contribution in [2.75, 3.05) is 0 Å². The van der Waals surface area contributed by atoms with Gasteiger partial charge in [-0.05, 0) is 28.1 Å². The van der Waals surface area contributed by atoms with Crippen LogP contribution in [0.25, 0.3) is 11.3 Å². The van der Waals surface area contributed by atoms with Crippen molar-refractivity contribution in [3.05, 3.63) is 38.9 Å². The Labute approximate surface area is 106 Å². The van der Waals surface area contributed by atoms with Crippen LogP contribution < -0.4 is 0 Å². The Bertz CT molecular complexity index is 489. The van der Waals surface area contributed by atoms with Crippen LogP contribution in [0.4, 0.5) is 0 Å². The Balaban J connectivity index is 2.59. The molecule has 0 fully saturated rings. The highest BCUT2D eigenvalue weighted by Crippen LogP contribution is 2.32. The van der Waals surface area contributed by atoms with E-state index in [4.69, 9.17) is 23.2 Å². The van der Waals surface area contributed by atoms with Crippen LogP contribution >= 0.6 is 39.1 Å². The zero-order valence-corrected chi connectivity index (χ0v) is 10.9. The largest absolute Gasteiger partial charge is 0.267 e. The van der Waals surface area contributed by atoms with Crippen LogP contribution in [0.15, 0.2) is 28.9 Å². The Morgan fingerprint density at radius 3 is 2.53 bits per heavy atom. The monoisotopic (exact) mass is 304 g/mol. The zero-order valence-electron chi connectivity index (χ0n) is 7.84. The molecule has 0 amide bonds. The molecule has 0 saturated heterocycles. The summed E-state index contributed by atoms with van der Waals surface area (Å²) in [5.74, 6) is 0. The van der Waals surface area contributed by atoms with Crippen LogP contribution in [-0.4, -0.2) is 9.78 Å². The zero-order chi connectivity index (χ0) is 11.0. The van der Waals surface area contributed by atoms with Crippen LogP contribution in [0.2, 0.25) is 10.0 Å². The van der Waals surface area contributed by atoms with E-state index in [1.54, 1.807) is 16.9 Å². The number of hydrogen-bond donors (Lipinski definition) is 0. The molecule has 0 spiro atoms. The van der Waals surface area contributed by atoms with Crippen molar-refractivity contribution < 1.29 is 0 Å². The maximum absolute atomic E-state index is 5.96. The number of hydrogen-bond acceptors (Lipinski definition) is 1. The molecule has 1 aromatic carbocycles. The average Bonchev–Trinajstić information content (AvgIpc) is 2.52. The van der Waals surface area contributed by atoms with Crippen molar-refractivity contribution in [3.63, 3.8) is 0 Å². The number of rotatable bonds is 1. The molecule has 0 atom stereocenters. The first kappa shape index (κ1) is 11.0. The molecule has 2 aromatic rings. The summed E-state index contributed by atoms with van der Waals surface area (Å²) in [4.78, 5) is 0. The normalized spacial score (nSPS) is 10.7.